The van der Waals surface area contributed by atoms with Gasteiger partial charge in [-0.3, -0.25) is 4.72 Å². The second kappa shape index (κ2) is 3.85. The van der Waals surface area contributed by atoms with Gasteiger partial charge in [0.25, 0.3) is 10.2 Å². The van der Waals surface area contributed by atoms with Gasteiger partial charge in [0.1, 0.15) is 0 Å². The minimum absolute atomic E-state index is 0.0484. The zero-order valence-electron chi connectivity index (χ0n) is 7.88. The van der Waals surface area contributed by atoms with Gasteiger partial charge in [0.15, 0.2) is 11.0 Å². The van der Waals surface area contributed by atoms with Crippen LogP contribution in [0.1, 0.15) is 0 Å². The third kappa shape index (κ3) is 2.38. The van der Waals surface area contributed by atoms with Gasteiger partial charge in [-0.25, -0.2) is 15.1 Å². The van der Waals surface area contributed by atoms with Gasteiger partial charge in [0.2, 0.25) is 0 Å². The highest BCUT2D eigenvalue weighted by molar-refractivity contribution is 7.90. The van der Waals surface area contributed by atoms with Crippen LogP contribution >= 0.6 is 11.6 Å². The predicted octanol–water partition coefficient (Wildman–Crippen LogP) is 0.899. The van der Waals surface area contributed by atoms with Crippen LogP contribution in [0.3, 0.4) is 0 Å². The van der Waals surface area contributed by atoms with E-state index in [4.69, 9.17) is 16.7 Å². The van der Waals surface area contributed by atoms with Crippen LogP contribution in [0.25, 0.3) is 11.0 Å². The van der Waals surface area contributed by atoms with Crippen molar-refractivity contribution in [1.29, 1.82) is 0 Å². The third-order valence-electron chi connectivity index (χ3n) is 1.77. The number of para-hydroxylation sites is 2. The Morgan fingerprint density at radius 1 is 1.19 bits per heavy atom. The lowest BCUT2D eigenvalue weighted by Gasteiger charge is -2.05. The van der Waals surface area contributed by atoms with Crippen molar-refractivity contribution >= 4 is 38.7 Å². The molecule has 16 heavy (non-hydrogen) atoms. The van der Waals surface area contributed by atoms with E-state index < -0.39 is 10.2 Å². The fourth-order valence-corrected chi connectivity index (χ4v) is 1.83. The molecule has 2 rings (SSSR count). The number of hydrogen-bond acceptors (Lipinski definition) is 4. The minimum Gasteiger partial charge on any atom is -0.252 e. The fourth-order valence-electron chi connectivity index (χ4n) is 1.18. The Hall–Kier alpha value is -1.44. The van der Waals surface area contributed by atoms with Crippen molar-refractivity contribution in [2.75, 3.05) is 4.72 Å². The van der Waals surface area contributed by atoms with Crippen LogP contribution in [0.15, 0.2) is 24.3 Å². The molecular formula is C8H7ClN4O2S. The first-order valence-corrected chi connectivity index (χ1v) is 6.11. The zero-order chi connectivity index (χ0) is 11.8. The summed E-state index contributed by atoms with van der Waals surface area (Å²) in [6.45, 7) is 0. The molecule has 1 aromatic carbocycles. The van der Waals surface area contributed by atoms with E-state index in [1.165, 1.54) is 0 Å². The normalized spacial score (nSPS) is 11.6. The lowest BCUT2D eigenvalue weighted by atomic mass is 10.3. The van der Waals surface area contributed by atoms with Gasteiger partial charge >= 0.3 is 0 Å². The first-order chi connectivity index (χ1) is 7.46. The summed E-state index contributed by atoms with van der Waals surface area (Å²) >= 11 is 5.75. The van der Waals surface area contributed by atoms with E-state index in [2.05, 4.69) is 9.97 Å². The maximum absolute atomic E-state index is 10.8. The average molecular weight is 259 g/mol. The molecule has 1 heterocycles. The number of fused-ring (bicyclic) bond motifs is 1. The first-order valence-electron chi connectivity index (χ1n) is 4.18. The number of nitrogens with one attached hydrogen (secondary N) is 1. The molecule has 0 saturated carbocycles. The van der Waals surface area contributed by atoms with Gasteiger partial charge < -0.3 is 0 Å². The van der Waals surface area contributed by atoms with Crippen LogP contribution in [0.4, 0.5) is 5.82 Å². The Kier molecular flexibility index (Phi) is 2.66. The average Bonchev–Trinajstić information content (AvgIpc) is 2.17. The largest absolute Gasteiger partial charge is 0.297 e. The van der Waals surface area contributed by atoms with Crippen LogP contribution in [0.2, 0.25) is 5.15 Å². The minimum atomic E-state index is -3.91. The van der Waals surface area contributed by atoms with E-state index >= 15 is 0 Å². The van der Waals surface area contributed by atoms with Crippen molar-refractivity contribution in [1.82, 2.24) is 9.97 Å². The van der Waals surface area contributed by atoms with Gasteiger partial charge in [-0.15, -0.1) is 0 Å². The molecule has 0 aliphatic carbocycles. The van der Waals surface area contributed by atoms with Gasteiger partial charge in [-0.2, -0.15) is 8.42 Å². The quantitative estimate of drug-likeness (QED) is 0.836. The van der Waals surface area contributed by atoms with Crippen molar-refractivity contribution in [3.63, 3.8) is 0 Å². The number of halogens is 1. The maximum Gasteiger partial charge on any atom is 0.297 e. The van der Waals surface area contributed by atoms with E-state index in [-0.39, 0.29) is 11.0 Å². The van der Waals surface area contributed by atoms with Gasteiger partial charge in [-0.1, -0.05) is 23.7 Å². The second-order valence-electron chi connectivity index (χ2n) is 3.00. The summed E-state index contributed by atoms with van der Waals surface area (Å²) in [7, 11) is -3.91. The Labute approximate surface area is 96.6 Å². The van der Waals surface area contributed by atoms with Gasteiger partial charge in [0, 0.05) is 0 Å². The highest BCUT2D eigenvalue weighted by atomic mass is 35.5. The molecule has 0 bridgehead atoms. The Morgan fingerprint density at radius 3 is 2.31 bits per heavy atom. The lowest BCUT2D eigenvalue weighted by molar-refractivity contribution is 0.602. The van der Waals surface area contributed by atoms with Crippen LogP contribution in [-0.2, 0) is 10.2 Å². The van der Waals surface area contributed by atoms with E-state index in [0.717, 1.165) is 0 Å². The topological polar surface area (TPSA) is 98.0 Å². The smallest absolute Gasteiger partial charge is 0.252 e. The molecule has 0 amide bonds. The molecule has 0 spiro atoms. The zero-order valence-corrected chi connectivity index (χ0v) is 9.46. The number of benzene rings is 1. The fraction of sp³-hybridized carbons (Fsp3) is 0. The first kappa shape index (κ1) is 11.1. The molecule has 2 aromatic rings. The summed E-state index contributed by atoms with van der Waals surface area (Å²) in [5.41, 5.74) is 1.10. The summed E-state index contributed by atoms with van der Waals surface area (Å²) in [5, 5.41) is 4.77. The molecular weight excluding hydrogens is 252 g/mol. The van der Waals surface area contributed by atoms with E-state index in [0.29, 0.717) is 11.0 Å². The van der Waals surface area contributed by atoms with Crippen molar-refractivity contribution in [2.24, 2.45) is 5.14 Å². The molecule has 0 aliphatic heterocycles. The molecule has 3 N–H and O–H groups in total. The van der Waals surface area contributed by atoms with E-state index in [9.17, 15) is 8.42 Å². The van der Waals surface area contributed by atoms with Gasteiger partial charge in [0.05, 0.1) is 11.0 Å². The highest BCUT2D eigenvalue weighted by Crippen LogP contribution is 2.21. The molecule has 0 radical (unpaired) electrons. The maximum atomic E-state index is 10.8. The lowest BCUT2D eigenvalue weighted by Crippen LogP contribution is -2.22. The SMILES string of the molecule is NS(=O)(=O)Nc1nc2ccccc2nc1Cl. The van der Waals surface area contributed by atoms with Crippen molar-refractivity contribution < 1.29 is 8.42 Å². The second-order valence-corrected chi connectivity index (χ2v) is 4.65. The number of hydrogen-bond donors (Lipinski definition) is 2. The van der Waals surface area contributed by atoms with Crippen LogP contribution in [0.5, 0.6) is 0 Å². The molecule has 0 unspecified atom stereocenters. The summed E-state index contributed by atoms with van der Waals surface area (Å²) in [6, 6.07) is 6.94. The molecule has 0 atom stereocenters. The molecule has 0 fully saturated rings. The van der Waals surface area contributed by atoms with Crippen molar-refractivity contribution in [2.45, 2.75) is 0 Å². The number of rotatable bonds is 2. The van der Waals surface area contributed by atoms with Crippen LogP contribution in [0, 0.1) is 0 Å². The van der Waals surface area contributed by atoms with Crippen molar-refractivity contribution in [3.8, 4) is 0 Å². The highest BCUT2D eigenvalue weighted by Gasteiger charge is 2.10. The summed E-state index contributed by atoms with van der Waals surface area (Å²) in [6.07, 6.45) is 0. The summed E-state index contributed by atoms with van der Waals surface area (Å²) in [5.74, 6) is -0.0807. The Morgan fingerprint density at radius 2 is 1.75 bits per heavy atom. The standard InChI is InChI=1S/C8H7ClN4O2S/c9-7-8(13-16(10,14)15)12-6-4-2-1-3-5(6)11-7/h1-4H,(H,12,13)(H2,10,14,15). The third-order valence-corrected chi connectivity index (χ3v) is 2.51. The number of nitrogens with zero attached hydrogens (tertiary/aromatic N) is 2. The number of aromatic nitrogens is 2. The van der Waals surface area contributed by atoms with Crippen LogP contribution < -0.4 is 9.86 Å². The predicted molar refractivity (Wildman–Crippen MR) is 61.3 cm³/mol. The molecule has 6 nitrogen and oxygen atoms in total. The Bertz CT molecular complexity index is 644. The van der Waals surface area contributed by atoms with Crippen molar-refractivity contribution in [3.05, 3.63) is 29.4 Å². The van der Waals surface area contributed by atoms with E-state index in [1.54, 1.807) is 24.3 Å². The summed E-state index contributed by atoms with van der Waals surface area (Å²) < 4.78 is 23.6. The number of anilines is 1. The van der Waals surface area contributed by atoms with Crippen LogP contribution in [-0.4, -0.2) is 18.4 Å². The molecule has 0 aliphatic rings. The number of nitrogens with two attached hydrogens (primary N) is 1. The molecule has 84 valence electrons. The monoisotopic (exact) mass is 258 g/mol. The Balaban J connectivity index is 2.58. The molecule has 1 aromatic heterocycles. The van der Waals surface area contributed by atoms with E-state index in [1.807, 2.05) is 4.72 Å². The molecule has 0 saturated heterocycles. The molecule has 8 heteroatoms. The van der Waals surface area contributed by atoms with Gasteiger partial charge in [-0.05, 0) is 12.1 Å². The summed E-state index contributed by atoms with van der Waals surface area (Å²) in [4.78, 5) is 7.98.